The highest BCUT2D eigenvalue weighted by Crippen LogP contribution is 2.43. The van der Waals surface area contributed by atoms with Crippen molar-refractivity contribution in [3.05, 3.63) is 131 Å². The van der Waals surface area contributed by atoms with Crippen LogP contribution < -0.4 is 19.5 Å². The molecular weight excluding hydrogens is 534 g/mol. The minimum atomic E-state index is -0.154. The van der Waals surface area contributed by atoms with Crippen LogP contribution in [-0.2, 0) is 11.4 Å². The van der Waals surface area contributed by atoms with E-state index in [0.29, 0.717) is 47.4 Å². The van der Waals surface area contributed by atoms with Crippen LogP contribution in [0.3, 0.4) is 0 Å². The third kappa shape index (κ3) is 7.21. The zero-order valence-corrected chi connectivity index (χ0v) is 23.4. The maximum Gasteiger partial charge on any atom is 0.243 e. The van der Waals surface area contributed by atoms with Gasteiger partial charge in [0.25, 0.3) is 0 Å². The Morgan fingerprint density at radius 2 is 1.49 bits per heavy atom. The molecule has 5 rings (SSSR count). The molecule has 6 nitrogen and oxygen atoms in total. The Bertz CT molecular complexity index is 1640. The Labute approximate surface area is 242 Å². The maximum absolute atomic E-state index is 13.6. The van der Waals surface area contributed by atoms with Gasteiger partial charge < -0.3 is 19.5 Å². The van der Waals surface area contributed by atoms with Gasteiger partial charge in [0.2, 0.25) is 11.7 Å². The average Bonchev–Trinajstić information content (AvgIpc) is 3.37. The molecular formula is C34H29NO5S. The molecule has 4 aromatic carbocycles. The summed E-state index contributed by atoms with van der Waals surface area (Å²) in [6.07, 6.45) is 3.15. The fraction of sp³-hybridized carbons (Fsp3) is 0.118. The zero-order valence-electron chi connectivity index (χ0n) is 22.5. The van der Waals surface area contributed by atoms with Crippen LogP contribution in [0.25, 0.3) is 10.1 Å². The predicted molar refractivity (Wildman–Crippen MR) is 162 cm³/mol. The summed E-state index contributed by atoms with van der Waals surface area (Å²) in [7, 11) is 0. The first-order chi connectivity index (χ1) is 20.1. The van der Waals surface area contributed by atoms with Crippen molar-refractivity contribution >= 4 is 33.1 Å². The Balaban J connectivity index is 1.35. The lowest BCUT2D eigenvalue weighted by Gasteiger charge is -2.10. The van der Waals surface area contributed by atoms with E-state index in [0.717, 1.165) is 21.4 Å². The standard InChI is InChI=1S/C34H29NO5S/c1-2-9-31(36)35-20-21-38-26-14-16-27(17-15-26)40-33-29-19-18-28(39-23-24-10-5-3-6-11-24)22-30(29)41-34(33)32(37)25-12-7-4-8-13-25/h2-19,22H,20-21,23H2,1H3,(H,35,36)/b9-2+. The van der Waals surface area contributed by atoms with Crippen LogP contribution in [-0.4, -0.2) is 24.8 Å². The Morgan fingerprint density at radius 3 is 2.22 bits per heavy atom. The van der Waals surface area contributed by atoms with Gasteiger partial charge in [-0.15, -0.1) is 11.3 Å². The summed E-state index contributed by atoms with van der Waals surface area (Å²) >= 11 is 1.39. The first-order valence-electron chi connectivity index (χ1n) is 13.2. The van der Waals surface area contributed by atoms with Crippen LogP contribution in [0.15, 0.2) is 115 Å². The number of ether oxygens (including phenoxy) is 3. The van der Waals surface area contributed by atoms with Gasteiger partial charge in [0, 0.05) is 15.6 Å². The second kappa shape index (κ2) is 13.5. The lowest BCUT2D eigenvalue weighted by atomic mass is 10.1. The Morgan fingerprint density at radius 1 is 0.805 bits per heavy atom. The molecule has 0 saturated carbocycles. The number of nitrogens with one attached hydrogen (secondary N) is 1. The molecule has 1 aromatic heterocycles. The molecule has 0 aliphatic carbocycles. The minimum absolute atomic E-state index is 0.103. The monoisotopic (exact) mass is 563 g/mol. The normalized spacial score (nSPS) is 11.0. The number of amides is 1. The molecule has 0 saturated heterocycles. The number of thiophene rings is 1. The van der Waals surface area contributed by atoms with E-state index in [-0.39, 0.29) is 11.7 Å². The van der Waals surface area contributed by atoms with Gasteiger partial charge in [-0.2, -0.15) is 0 Å². The lowest BCUT2D eigenvalue weighted by Crippen LogP contribution is -2.26. The van der Waals surface area contributed by atoms with Gasteiger partial charge in [0.15, 0.2) is 5.75 Å². The van der Waals surface area contributed by atoms with Gasteiger partial charge in [0.05, 0.1) is 6.54 Å². The van der Waals surface area contributed by atoms with Gasteiger partial charge in [-0.3, -0.25) is 9.59 Å². The summed E-state index contributed by atoms with van der Waals surface area (Å²) in [5.74, 6) is 2.19. The molecule has 0 aliphatic rings. The van der Waals surface area contributed by atoms with Gasteiger partial charge in [0.1, 0.15) is 35.3 Å². The topological polar surface area (TPSA) is 73.9 Å². The van der Waals surface area contributed by atoms with Crippen LogP contribution in [0.4, 0.5) is 0 Å². The summed E-state index contributed by atoms with van der Waals surface area (Å²) in [5, 5.41) is 3.58. The molecule has 0 spiro atoms. The maximum atomic E-state index is 13.6. The van der Waals surface area contributed by atoms with Crippen molar-refractivity contribution in [2.45, 2.75) is 13.5 Å². The average molecular weight is 564 g/mol. The van der Waals surface area contributed by atoms with E-state index in [4.69, 9.17) is 14.2 Å². The largest absolute Gasteiger partial charge is 0.492 e. The molecule has 7 heteroatoms. The molecule has 1 N–H and O–H groups in total. The predicted octanol–water partition coefficient (Wildman–Crippen LogP) is 7.57. The van der Waals surface area contributed by atoms with Crippen LogP contribution in [0.5, 0.6) is 23.0 Å². The van der Waals surface area contributed by atoms with Gasteiger partial charge in [-0.25, -0.2) is 0 Å². The van der Waals surface area contributed by atoms with Crippen molar-refractivity contribution in [1.29, 1.82) is 0 Å². The Kier molecular flexibility index (Phi) is 9.08. The fourth-order valence-corrected chi connectivity index (χ4v) is 5.25. The number of carbonyl (C=O) groups is 2. The highest BCUT2D eigenvalue weighted by molar-refractivity contribution is 7.21. The van der Waals surface area contributed by atoms with Crippen molar-refractivity contribution in [2.75, 3.05) is 13.2 Å². The molecule has 0 fully saturated rings. The zero-order chi connectivity index (χ0) is 28.4. The SMILES string of the molecule is C/C=C/C(=O)NCCOc1ccc(Oc2c(C(=O)c3ccccc3)sc3cc(OCc4ccccc4)ccc23)cc1. The van der Waals surface area contributed by atoms with E-state index < -0.39 is 0 Å². The molecule has 0 unspecified atom stereocenters. The van der Waals surface area contributed by atoms with Gasteiger partial charge in [-0.05, 0) is 61.0 Å². The smallest absolute Gasteiger partial charge is 0.243 e. The third-order valence-corrected chi connectivity index (χ3v) is 7.27. The fourth-order valence-electron chi connectivity index (χ4n) is 4.13. The highest BCUT2D eigenvalue weighted by Gasteiger charge is 2.22. The van der Waals surface area contributed by atoms with Crippen LogP contribution in [0.2, 0.25) is 0 Å². The van der Waals surface area contributed by atoms with E-state index >= 15 is 0 Å². The summed E-state index contributed by atoms with van der Waals surface area (Å²) in [6.45, 7) is 2.97. The van der Waals surface area contributed by atoms with Crippen LogP contribution in [0.1, 0.15) is 27.7 Å². The lowest BCUT2D eigenvalue weighted by molar-refractivity contribution is -0.116. The third-order valence-electron chi connectivity index (χ3n) is 6.14. The molecule has 0 bridgehead atoms. The molecule has 5 aromatic rings. The second-order valence-electron chi connectivity index (χ2n) is 9.10. The number of fused-ring (bicyclic) bond motifs is 1. The summed E-state index contributed by atoms with van der Waals surface area (Å²) in [4.78, 5) is 25.6. The number of ketones is 1. The molecule has 0 aliphatic heterocycles. The summed E-state index contributed by atoms with van der Waals surface area (Å²) < 4.78 is 19.0. The minimum Gasteiger partial charge on any atom is -0.492 e. The number of benzene rings is 4. The first-order valence-corrected chi connectivity index (χ1v) is 14.1. The van der Waals surface area contributed by atoms with E-state index in [1.54, 1.807) is 49.4 Å². The second-order valence-corrected chi connectivity index (χ2v) is 10.2. The van der Waals surface area contributed by atoms with E-state index in [1.807, 2.05) is 66.7 Å². The van der Waals surface area contributed by atoms with Crippen molar-refractivity contribution in [3.63, 3.8) is 0 Å². The molecule has 1 amide bonds. The van der Waals surface area contributed by atoms with Crippen LogP contribution >= 0.6 is 11.3 Å². The van der Waals surface area contributed by atoms with Gasteiger partial charge in [-0.1, -0.05) is 66.7 Å². The van der Waals surface area contributed by atoms with Crippen molar-refractivity contribution in [1.82, 2.24) is 5.32 Å². The van der Waals surface area contributed by atoms with Crippen molar-refractivity contribution in [2.24, 2.45) is 0 Å². The van der Waals surface area contributed by atoms with Crippen LogP contribution in [0, 0.1) is 0 Å². The molecule has 0 radical (unpaired) electrons. The number of carbonyl (C=O) groups excluding carboxylic acids is 2. The first kappa shape index (κ1) is 27.7. The molecule has 1 heterocycles. The van der Waals surface area contributed by atoms with Gasteiger partial charge >= 0.3 is 0 Å². The summed E-state index contributed by atoms with van der Waals surface area (Å²) in [5.41, 5.74) is 1.67. The van der Waals surface area contributed by atoms with E-state index in [1.165, 1.54) is 17.4 Å². The van der Waals surface area contributed by atoms with Crippen molar-refractivity contribution < 1.29 is 23.8 Å². The van der Waals surface area contributed by atoms with E-state index in [2.05, 4.69) is 5.32 Å². The number of rotatable bonds is 12. The molecule has 206 valence electrons. The number of hydrogen-bond donors (Lipinski definition) is 1. The molecule has 0 atom stereocenters. The number of hydrogen-bond acceptors (Lipinski definition) is 6. The number of allylic oxidation sites excluding steroid dienone is 1. The van der Waals surface area contributed by atoms with Crippen molar-refractivity contribution in [3.8, 4) is 23.0 Å². The summed E-state index contributed by atoms with van der Waals surface area (Å²) in [6, 6.07) is 32.1. The van der Waals surface area contributed by atoms with E-state index in [9.17, 15) is 9.59 Å². The highest BCUT2D eigenvalue weighted by atomic mass is 32.1. The Hall–Kier alpha value is -4.88. The molecule has 41 heavy (non-hydrogen) atoms. The quantitative estimate of drug-likeness (QED) is 0.0963.